The van der Waals surface area contributed by atoms with Gasteiger partial charge in [0.05, 0.1) is 0 Å². The second-order valence-electron chi connectivity index (χ2n) is 4.71. The van der Waals surface area contributed by atoms with Gasteiger partial charge in [0.2, 0.25) is 0 Å². The van der Waals surface area contributed by atoms with E-state index in [1.54, 1.807) is 0 Å². The Bertz CT molecular complexity index is 145. The van der Waals surface area contributed by atoms with Gasteiger partial charge in [0, 0.05) is 18.6 Å². The van der Waals surface area contributed by atoms with Gasteiger partial charge in [0.1, 0.15) is 0 Å². The quantitative estimate of drug-likeness (QED) is 0.701. The molecule has 0 radical (unpaired) electrons. The lowest BCUT2D eigenvalue weighted by Gasteiger charge is -2.38. The molecule has 1 heterocycles. The highest BCUT2D eigenvalue weighted by molar-refractivity contribution is 4.88. The summed E-state index contributed by atoms with van der Waals surface area (Å²) in [6, 6.07) is 1.09. The fourth-order valence-electron chi connectivity index (χ4n) is 2.42. The van der Waals surface area contributed by atoms with Crippen molar-refractivity contribution in [3.8, 4) is 0 Å². The van der Waals surface area contributed by atoms with Gasteiger partial charge in [0.15, 0.2) is 0 Å². The fraction of sp³-hybridized carbons (Fsp3) is 1.00. The molecule has 0 aliphatic carbocycles. The molecule has 0 bridgehead atoms. The number of hydrogen-bond acceptors (Lipinski definition) is 2. The average molecular weight is 184 g/mol. The molecule has 2 heteroatoms. The lowest BCUT2D eigenvalue weighted by atomic mass is 9.79. The largest absolute Gasteiger partial charge is 0.327 e. The third-order valence-corrected chi connectivity index (χ3v) is 3.19. The normalized spacial score (nSPS) is 35.3. The Kier molecular flexibility index (Phi) is 4.20. The van der Waals surface area contributed by atoms with Gasteiger partial charge in [-0.1, -0.05) is 27.2 Å². The lowest BCUT2D eigenvalue weighted by Crippen LogP contribution is -2.52. The van der Waals surface area contributed by atoms with Crippen LogP contribution in [0.1, 0.15) is 40.0 Å². The smallest absolute Gasteiger partial charge is 0.0168 e. The van der Waals surface area contributed by atoms with Crippen LogP contribution in [0.4, 0.5) is 0 Å². The maximum absolute atomic E-state index is 5.96. The first-order chi connectivity index (χ1) is 6.15. The molecule has 0 aromatic carbocycles. The van der Waals surface area contributed by atoms with E-state index < -0.39 is 0 Å². The van der Waals surface area contributed by atoms with E-state index in [2.05, 4.69) is 26.1 Å². The van der Waals surface area contributed by atoms with Gasteiger partial charge in [-0.25, -0.2) is 0 Å². The Morgan fingerprint density at radius 2 is 2.15 bits per heavy atom. The van der Waals surface area contributed by atoms with E-state index in [0.717, 1.165) is 18.4 Å². The minimum absolute atomic E-state index is 0.375. The van der Waals surface area contributed by atoms with Crippen molar-refractivity contribution in [1.29, 1.82) is 0 Å². The van der Waals surface area contributed by atoms with Crippen molar-refractivity contribution in [2.24, 2.45) is 17.6 Å². The summed E-state index contributed by atoms with van der Waals surface area (Å²) in [6.07, 6.45) is 3.78. The van der Waals surface area contributed by atoms with Crippen molar-refractivity contribution in [1.82, 2.24) is 5.32 Å². The summed E-state index contributed by atoms with van der Waals surface area (Å²) >= 11 is 0. The van der Waals surface area contributed by atoms with E-state index in [9.17, 15) is 0 Å². The highest BCUT2D eigenvalue weighted by Gasteiger charge is 2.29. The molecule has 0 aromatic heterocycles. The minimum Gasteiger partial charge on any atom is -0.327 e. The molecule has 3 unspecified atom stereocenters. The van der Waals surface area contributed by atoms with Gasteiger partial charge in [-0.05, 0) is 24.7 Å². The topological polar surface area (TPSA) is 38.0 Å². The average Bonchev–Trinajstić information content (AvgIpc) is 2.08. The molecule has 0 aromatic rings. The molecule has 3 atom stereocenters. The third-order valence-electron chi connectivity index (χ3n) is 3.19. The zero-order valence-electron chi connectivity index (χ0n) is 9.22. The summed E-state index contributed by atoms with van der Waals surface area (Å²) in [5, 5.41) is 3.58. The molecule has 0 spiro atoms. The number of nitrogens with two attached hydrogens (primary N) is 1. The van der Waals surface area contributed by atoms with Crippen molar-refractivity contribution >= 4 is 0 Å². The van der Waals surface area contributed by atoms with Gasteiger partial charge >= 0.3 is 0 Å². The molecule has 1 fully saturated rings. The van der Waals surface area contributed by atoms with Crippen LogP contribution in [-0.4, -0.2) is 18.6 Å². The Morgan fingerprint density at radius 3 is 2.69 bits per heavy atom. The second kappa shape index (κ2) is 4.97. The fourth-order valence-corrected chi connectivity index (χ4v) is 2.42. The lowest BCUT2D eigenvalue weighted by molar-refractivity contribution is 0.192. The number of rotatable bonds is 3. The van der Waals surface area contributed by atoms with Crippen molar-refractivity contribution in [2.75, 3.05) is 6.54 Å². The highest BCUT2D eigenvalue weighted by atomic mass is 15.0. The van der Waals surface area contributed by atoms with E-state index in [1.807, 2.05) is 0 Å². The monoisotopic (exact) mass is 184 g/mol. The summed E-state index contributed by atoms with van der Waals surface area (Å²) < 4.78 is 0. The first kappa shape index (κ1) is 11.0. The zero-order valence-corrected chi connectivity index (χ0v) is 9.22. The Morgan fingerprint density at radius 1 is 1.46 bits per heavy atom. The van der Waals surface area contributed by atoms with Crippen LogP contribution in [0, 0.1) is 11.8 Å². The van der Waals surface area contributed by atoms with Gasteiger partial charge in [0.25, 0.3) is 0 Å². The van der Waals surface area contributed by atoms with Gasteiger partial charge in [-0.2, -0.15) is 0 Å². The summed E-state index contributed by atoms with van der Waals surface area (Å²) in [6.45, 7) is 7.89. The Hall–Kier alpha value is -0.0800. The molecule has 1 aliphatic rings. The summed E-state index contributed by atoms with van der Waals surface area (Å²) in [5.41, 5.74) is 5.96. The predicted molar refractivity (Wildman–Crippen MR) is 57.6 cm³/mol. The van der Waals surface area contributed by atoms with Crippen LogP contribution in [-0.2, 0) is 0 Å². The van der Waals surface area contributed by atoms with Crippen LogP contribution in [0.25, 0.3) is 0 Å². The predicted octanol–water partition coefficient (Wildman–Crippen LogP) is 1.75. The van der Waals surface area contributed by atoms with E-state index in [1.165, 1.54) is 19.3 Å². The number of hydrogen-bond donors (Lipinski definition) is 2. The van der Waals surface area contributed by atoms with Crippen molar-refractivity contribution in [3.05, 3.63) is 0 Å². The van der Waals surface area contributed by atoms with Gasteiger partial charge < -0.3 is 11.1 Å². The van der Waals surface area contributed by atoms with Gasteiger partial charge in [-0.3, -0.25) is 0 Å². The van der Waals surface area contributed by atoms with Crippen LogP contribution >= 0.6 is 0 Å². The SMILES string of the molecule is CCCC1NCC(N)CC1C(C)C. The summed E-state index contributed by atoms with van der Waals surface area (Å²) in [7, 11) is 0. The molecule has 2 nitrogen and oxygen atoms in total. The van der Waals surface area contributed by atoms with Crippen LogP contribution < -0.4 is 11.1 Å². The number of piperidine rings is 1. The summed E-state index contributed by atoms with van der Waals surface area (Å²) in [5.74, 6) is 1.54. The maximum atomic E-state index is 5.96. The molecular weight excluding hydrogens is 160 g/mol. The molecule has 0 saturated carbocycles. The third kappa shape index (κ3) is 2.96. The van der Waals surface area contributed by atoms with Crippen molar-refractivity contribution < 1.29 is 0 Å². The van der Waals surface area contributed by atoms with Crippen molar-refractivity contribution in [3.63, 3.8) is 0 Å². The molecule has 1 aliphatic heterocycles. The standard InChI is InChI=1S/C11H24N2/c1-4-5-11-10(8(2)3)6-9(12)7-13-11/h8-11,13H,4-7,12H2,1-3H3. The molecule has 78 valence electrons. The van der Waals surface area contributed by atoms with Crippen molar-refractivity contribution in [2.45, 2.75) is 52.1 Å². The Balaban J connectivity index is 2.50. The van der Waals surface area contributed by atoms with E-state index >= 15 is 0 Å². The van der Waals surface area contributed by atoms with Gasteiger partial charge in [-0.15, -0.1) is 0 Å². The van der Waals surface area contributed by atoms with E-state index in [-0.39, 0.29) is 0 Å². The molecule has 1 rings (SSSR count). The van der Waals surface area contributed by atoms with Crippen LogP contribution in [0.3, 0.4) is 0 Å². The molecule has 0 amide bonds. The molecule has 1 saturated heterocycles. The number of nitrogens with one attached hydrogen (secondary N) is 1. The minimum atomic E-state index is 0.375. The second-order valence-corrected chi connectivity index (χ2v) is 4.71. The zero-order chi connectivity index (χ0) is 9.84. The molecule has 13 heavy (non-hydrogen) atoms. The Labute approximate surface area is 82.3 Å². The first-order valence-corrected chi connectivity index (χ1v) is 5.64. The highest BCUT2D eigenvalue weighted by Crippen LogP contribution is 2.26. The molecular formula is C11H24N2. The van der Waals surface area contributed by atoms with Crippen LogP contribution in [0.5, 0.6) is 0 Å². The summed E-state index contributed by atoms with van der Waals surface area (Å²) in [4.78, 5) is 0. The van der Waals surface area contributed by atoms with E-state index in [0.29, 0.717) is 12.1 Å². The molecule has 3 N–H and O–H groups in total. The first-order valence-electron chi connectivity index (χ1n) is 5.64. The van der Waals surface area contributed by atoms with Crippen LogP contribution in [0.15, 0.2) is 0 Å². The van der Waals surface area contributed by atoms with Crippen LogP contribution in [0.2, 0.25) is 0 Å². The van der Waals surface area contributed by atoms with E-state index in [4.69, 9.17) is 5.73 Å². The maximum Gasteiger partial charge on any atom is 0.0168 e.